The van der Waals surface area contributed by atoms with Crippen molar-refractivity contribution in [2.45, 2.75) is 25.1 Å². The maximum absolute atomic E-state index is 12.3. The van der Waals surface area contributed by atoms with E-state index < -0.39 is 18.7 Å². The van der Waals surface area contributed by atoms with Crippen molar-refractivity contribution in [1.29, 1.82) is 0 Å². The van der Waals surface area contributed by atoms with Crippen molar-refractivity contribution >= 4 is 15.9 Å². The second kappa shape index (κ2) is 4.49. The number of ether oxygens (including phenoxy) is 1. The average molecular weight is 311 g/mol. The van der Waals surface area contributed by atoms with Crippen LogP contribution in [0, 0.1) is 0 Å². The summed E-state index contributed by atoms with van der Waals surface area (Å²) < 4.78 is 42.9. The smallest absolute Gasteiger partial charge is 0.414 e. The van der Waals surface area contributed by atoms with E-state index in [2.05, 4.69) is 15.9 Å². The zero-order valence-corrected chi connectivity index (χ0v) is 10.3. The van der Waals surface area contributed by atoms with Crippen LogP contribution in [0.1, 0.15) is 11.1 Å². The van der Waals surface area contributed by atoms with Crippen LogP contribution in [0.3, 0.4) is 0 Å². The summed E-state index contributed by atoms with van der Waals surface area (Å²) in [6, 6.07) is 3.38. The minimum atomic E-state index is -4.60. The summed E-state index contributed by atoms with van der Waals surface area (Å²) in [6.07, 6.45) is -6.76. The third-order valence-corrected chi connectivity index (χ3v) is 3.07. The Hall–Kier alpha value is -0.750. The lowest BCUT2D eigenvalue weighted by Crippen LogP contribution is -2.30. The molecule has 0 amide bonds. The fourth-order valence-electron chi connectivity index (χ4n) is 1.82. The molecule has 0 aromatic heterocycles. The van der Waals surface area contributed by atoms with Gasteiger partial charge < -0.3 is 9.84 Å². The number of aliphatic hydroxyl groups excluding tert-OH is 1. The molecule has 1 aromatic carbocycles. The first kappa shape index (κ1) is 12.7. The van der Waals surface area contributed by atoms with Gasteiger partial charge in [0.15, 0.2) is 6.10 Å². The third kappa shape index (κ3) is 2.74. The molecule has 1 aromatic rings. The Morgan fingerprint density at radius 3 is 2.76 bits per heavy atom. The third-order valence-electron chi connectivity index (χ3n) is 2.62. The molecule has 2 nitrogen and oxygen atoms in total. The molecule has 17 heavy (non-hydrogen) atoms. The minimum absolute atomic E-state index is 0.386. The second-order valence-electron chi connectivity index (χ2n) is 3.91. The summed E-state index contributed by atoms with van der Waals surface area (Å²) in [4.78, 5) is 0. The Balaban J connectivity index is 2.27. The lowest BCUT2D eigenvalue weighted by Gasteiger charge is -2.16. The zero-order valence-electron chi connectivity index (χ0n) is 8.72. The van der Waals surface area contributed by atoms with E-state index in [1.807, 2.05) is 6.07 Å². The Labute approximate surface area is 105 Å². The van der Waals surface area contributed by atoms with Crippen LogP contribution in [-0.2, 0) is 12.8 Å². The molecular weight excluding hydrogens is 301 g/mol. The highest BCUT2D eigenvalue weighted by atomic mass is 79.9. The van der Waals surface area contributed by atoms with E-state index in [9.17, 15) is 13.2 Å². The fraction of sp³-hybridized carbons (Fsp3) is 0.455. The van der Waals surface area contributed by atoms with E-state index >= 15 is 0 Å². The summed E-state index contributed by atoms with van der Waals surface area (Å²) in [5, 5.41) is 9.07. The van der Waals surface area contributed by atoms with Crippen LogP contribution in [0.4, 0.5) is 13.2 Å². The standard InChI is InChI=1S/C11H10BrF3O2/c12-8-3-6-1-2-17-10(6)7(4-8)5-9(16)11(13,14)15/h3-4,9,16H,1-2,5H2/t9-/m0/s1. The van der Waals surface area contributed by atoms with Crippen molar-refractivity contribution in [2.24, 2.45) is 0 Å². The first-order valence-electron chi connectivity index (χ1n) is 5.07. The van der Waals surface area contributed by atoms with Gasteiger partial charge in [0.25, 0.3) is 0 Å². The molecule has 0 saturated heterocycles. The number of aliphatic hydroxyl groups is 1. The fourth-order valence-corrected chi connectivity index (χ4v) is 2.37. The van der Waals surface area contributed by atoms with E-state index in [1.165, 1.54) is 0 Å². The molecule has 1 aliphatic heterocycles. The van der Waals surface area contributed by atoms with E-state index in [4.69, 9.17) is 9.84 Å². The topological polar surface area (TPSA) is 29.5 Å². The Morgan fingerprint density at radius 2 is 2.12 bits per heavy atom. The molecule has 0 radical (unpaired) electrons. The minimum Gasteiger partial charge on any atom is -0.493 e. The van der Waals surface area contributed by atoms with E-state index in [0.717, 1.165) is 5.56 Å². The molecule has 2 rings (SSSR count). The highest BCUT2D eigenvalue weighted by Crippen LogP contribution is 2.35. The molecule has 0 fully saturated rings. The number of rotatable bonds is 2. The quantitative estimate of drug-likeness (QED) is 0.910. The van der Waals surface area contributed by atoms with Gasteiger partial charge in [-0.05, 0) is 23.3 Å². The molecule has 0 saturated carbocycles. The number of alkyl halides is 3. The van der Waals surface area contributed by atoms with Crippen LogP contribution in [0.25, 0.3) is 0 Å². The first-order chi connectivity index (χ1) is 7.88. The van der Waals surface area contributed by atoms with Gasteiger partial charge >= 0.3 is 6.18 Å². The number of halogens is 4. The SMILES string of the molecule is O[C@@H](Cc1cc(Br)cc2c1OCC2)C(F)(F)F. The highest BCUT2D eigenvalue weighted by molar-refractivity contribution is 9.10. The molecule has 6 heteroatoms. The van der Waals surface area contributed by atoms with Crippen molar-refractivity contribution in [3.8, 4) is 5.75 Å². The lowest BCUT2D eigenvalue weighted by molar-refractivity contribution is -0.203. The van der Waals surface area contributed by atoms with Crippen molar-refractivity contribution in [3.05, 3.63) is 27.7 Å². The maximum atomic E-state index is 12.3. The molecule has 1 N–H and O–H groups in total. The summed E-state index contributed by atoms with van der Waals surface area (Å²) >= 11 is 3.24. The van der Waals surface area contributed by atoms with Gasteiger partial charge in [0.2, 0.25) is 0 Å². The van der Waals surface area contributed by atoms with E-state index in [1.54, 1.807) is 6.07 Å². The Morgan fingerprint density at radius 1 is 1.41 bits per heavy atom. The normalized spacial score (nSPS) is 16.5. The van der Waals surface area contributed by atoms with Gasteiger partial charge in [0.1, 0.15) is 5.75 Å². The summed E-state index contributed by atoms with van der Waals surface area (Å²) in [5.74, 6) is 0.483. The second-order valence-corrected chi connectivity index (χ2v) is 4.83. The molecule has 0 aliphatic carbocycles. The monoisotopic (exact) mass is 310 g/mol. The molecule has 0 spiro atoms. The van der Waals surface area contributed by atoms with E-state index in [-0.39, 0.29) is 0 Å². The van der Waals surface area contributed by atoms with Crippen LogP contribution in [0.5, 0.6) is 5.75 Å². The Kier molecular flexibility index (Phi) is 3.36. The summed E-state index contributed by atoms with van der Waals surface area (Å²) in [6.45, 7) is 0.473. The molecule has 1 heterocycles. The van der Waals surface area contributed by atoms with Gasteiger partial charge in [-0.15, -0.1) is 0 Å². The van der Waals surface area contributed by atoms with Gasteiger partial charge in [-0.2, -0.15) is 13.2 Å². The van der Waals surface area contributed by atoms with E-state index in [0.29, 0.717) is 28.8 Å². The number of fused-ring (bicyclic) bond motifs is 1. The molecule has 1 aliphatic rings. The van der Waals surface area contributed by atoms with Crippen LogP contribution >= 0.6 is 15.9 Å². The van der Waals surface area contributed by atoms with Crippen LogP contribution < -0.4 is 4.74 Å². The molecular formula is C11H10BrF3O2. The van der Waals surface area contributed by atoms with Gasteiger partial charge in [0, 0.05) is 17.3 Å². The number of hydrogen-bond acceptors (Lipinski definition) is 2. The maximum Gasteiger partial charge on any atom is 0.414 e. The van der Waals surface area contributed by atoms with Gasteiger partial charge in [-0.1, -0.05) is 15.9 Å². The number of hydrogen-bond donors (Lipinski definition) is 1. The molecule has 0 bridgehead atoms. The van der Waals surface area contributed by atoms with Crippen molar-refractivity contribution in [1.82, 2.24) is 0 Å². The molecule has 94 valence electrons. The predicted molar refractivity (Wildman–Crippen MR) is 59.1 cm³/mol. The average Bonchev–Trinajstić information content (AvgIpc) is 2.63. The van der Waals surface area contributed by atoms with Crippen LogP contribution in [0.2, 0.25) is 0 Å². The van der Waals surface area contributed by atoms with Crippen LogP contribution in [0.15, 0.2) is 16.6 Å². The highest BCUT2D eigenvalue weighted by Gasteiger charge is 2.38. The van der Waals surface area contributed by atoms with Crippen molar-refractivity contribution < 1.29 is 23.0 Å². The zero-order chi connectivity index (χ0) is 12.6. The number of benzene rings is 1. The van der Waals surface area contributed by atoms with Gasteiger partial charge in [-0.3, -0.25) is 0 Å². The summed E-state index contributed by atoms with van der Waals surface area (Å²) in [7, 11) is 0. The first-order valence-corrected chi connectivity index (χ1v) is 5.86. The summed E-state index contributed by atoms with van der Waals surface area (Å²) in [5.41, 5.74) is 1.26. The lowest BCUT2D eigenvalue weighted by atomic mass is 10.0. The van der Waals surface area contributed by atoms with Gasteiger partial charge in [-0.25, -0.2) is 0 Å². The molecule has 0 unspecified atom stereocenters. The van der Waals surface area contributed by atoms with Crippen LogP contribution in [-0.4, -0.2) is 24.0 Å². The molecule has 1 atom stereocenters. The largest absolute Gasteiger partial charge is 0.493 e. The Bertz CT molecular complexity index is 431. The van der Waals surface area contributed by atoms with Gasteiger partial charge in [0.05, 0.1) is 6.61 Å². The predicted octanol–water partition coefficient (Wildman–Crippen LogP) is 2.85. The van der Waals surface area contributed by atoms with Crippen molar-refractivity contribution in [3.63, 3.8) is 0 Å². The van der Waals surface area contributed by atoms with Crippen molar-refractivity contribution in [2.75, 3.05) is 6.61 Å².